The number of hydrogen-bond donors (Lipinski definition) is 2. The van der Waals surface area contributed by atoms with Gasteiger partial charge in [-0.15, -0.1) is 0 Å². The molecular formula is C29H32N6. The highest BCUT2D eigenvalue weighted by Gasteiger charge is 2.24. The van der Waals surface area contributed by atoms with E-state index < -0.39 is 0 Å². The van der Waals surface area contributed by atoms with Crippen molar-refractivity contribution in [1.29, 1.82) is 0 Å². The van der Waals surface area contributed by atoms with E-state index in [2.05, 4.69) is 106 Å². The molecule has 0 atom stereocenters. The lowest BCUT2D eigenvalue weighted by molar-refractivity contribution is 0.646. The van der Waals surface area contributed by atoms with Crippen LogP contribution in [0.4, 0.5) is 23.0 Å². The summed E-state index contributed by atoms with van der Waals surface area (Å²) in [5.41, 5.74) is 13.6. The number of aromatic nitrogens is 2. The summed E-state index contributed by atoms with van der Waals surface area (Å²) in [6, 6.07) is 27.2. The average Bonchev–Trinajstić information content (AvgIpc) is 2.91. The molecule has 0 amide bonds. The Morgan fingerprint density at radius 1 is 0.743 bits per heavy atom. The molecular weight excluding hydrogens is 432 g/mol. The van der Waals surface area contributed by atoms with Crippen LogP contribution in [-0.2, 0) is 0 Å². The van der Waals surface area contributed by atoms with Crippen molar-refractivity contribution in [3.8, 4) is 0 Å². The highest BCUT2D eigenvalue weighted by atomic mass is 15.3. The lowest BCUT2D eigenvalue weighted by atomic mass is 9.99. The molecule has 0 radical (unpaired) electrons. The van der Waals surface area contributed by atoms with Gasteiger partial charge in [-0.2, -0.15) is 0 Å². The van der Waals surface area contributed by atoms with Crippen LogP contribution in [0.5, 0.6) is 0 Å². The minimum Gasteiger partial charge on any atom is -0.393 e. The Balaban J connectivity index is 1.36. The molecule has 35 heavy (non-hydrogen) atoms. The smallest absolute Gasteiger partial charge is 0.157 e. The molecule has 0 spiro atoms. The van der Waals surface area contributed by atoms with Crippen LogP contribution in [0.2, 0.25) is 0 Å². The summed E-state index contributed by atoms with van der Waals surface area (Å²) in [4.78, 5) is 13.8. The van der Waals surface area contributed by atoms with Crippen LogP contribution >= 0.6 is 0 Å². The van der Waals surface area contributed by atoms with E-state index in [0.717, 1.165) is 43.1 Å². The first kappa shape index (κ1) is 22.7. The van der Waals surface area contributed by atoms with Crippen molar-refractivity contribution >= 4 is 23.0 Å². The molecule has 5 rings (SSSR count). The topological polar surface area (TPSA) is 70.3 Å². The van der Waals surface area contributed by atoms with Gasteiger partial charge in [0.25, 0.3) is 0 Å². The van der Waals surface area contributed by atoms with Crippen LogP contribution < -0.4 is 20.9 Å². The quantitative estimate of drug-likeness (QED) is 0.409. The SMILES string of the molecule is Cc1cccc(N2CCN(c3ncnc(NC(c4ccccc4)c4ccccc4)c3N)CC2)c1C. The van der Waals surface area contributed by atoms with Gasteiger partial charge in [0.2, 0.25) is 0 Å². The predicted octanol–water partition coefficient (Wildman–Crippen LogP) is 5.20. The van der Waals surface area contributed by atoms with Gasteiger partial charge in [0, 0.05) is 31.9 Å². The zero-order valence-electron chi connectivity index (χ0n) is 20.4. The summed E-state index contributed by atoms with van der Waals surface area (Å²) in [6.07, 6.45) is 1.61. The van der Waals surface area contributed by atoms with E-state index in [1.807, 2.05) is 12.1 Å². The molecule has 1 fully saturated rings. The van der Waals surface area contributed by atoms with Gasteiger partial charge in [0.05, 0.1) is 6.04 Å². The summed E-state index contributed by atoms with van der Waals surface area (Å²) in [5.74, 6) is 1.45. The molecule has 0 unspecified atom stereocenters. The maximum Gasteiger partial charge on any atom is 0.157 e. The molecule has 0 aliphatic carbocycles. The monoisotopic (exact) mass is 464 g/mol. The van der Waals surface area contributed by atoms with Crippen molar-refractivity contribution in [3.63, 3.8) is 0 Å². The first-order chi connectivity index (χ1) is 17.1. The molecule has 0 bridgehead atoms. The number of nitrogens with one attached hydrogen (secondary N) is 1. The minimum absolute atomic E-state index is 0.0661. The normalized spacial score (nSPS) is 13.8. The average molecular weight is 465 g/mol. The van der Waals surface area contributed by atoms with Gasteiger partial charge in [-0.25, -0.2) is 9.97 Å². The first-order valence-corrected chi connectivity index (χ1v) is 12.1. The van der Waals surface area contributed by atoms with Crippen LogP contribution in [-0.4, -0.2) is 36.1 Å². The largest absolute Gasteiger partial charge is 0.393 e. The summed E-state index contributed by atoms with van der Waals surface area (Å²) in [5, 5.41) is 3.59. The number of piperazine rings is 1. The van der Waals surface area contributed by atoms with Gasteiger partial charge in [-0.1, -0.05) is 72.8 Å². The number of anilines is 4. The lowest BCUT2D eigenvalue weighted by Gasteiger charge is -2.38. The van der Waals surface area contributed by atoms with Crippen LogP contribution in [0, 0.1) is 13.8 Å². The predicted molar refractivity (Wildman–Crippen MR) is 145 cm³/mol. The standard InChI is InChI=1S/C29H32N6/c1-21-10-9-15-25(22(21)2)34-16-18-35(19-17-34)29-26(30)28(31-20-32-29)33-27(23-11-5-3-6-12-23)24-13-7-4-8-14-24/h3-15,20,27H,16-19,30H2,1-2H3,(H,31,32,33). The summed E-state index contributed by atoms with van der Waals surface area (Å²) >= 11 is 0. The number of benzene rings is 3. The molecule has 3 N–H and O–H groups in total. The van der Waals surface area contributed by atoms with E-state index >= 15 is 0 Å². The Hall–Kier alpha value is -4.06. The minimum atomic E-state index is -0.0661. The molecule has 6 heteroatoms. The van der Waals surface area contributed by atoms with E-state index in [4.69, 9.17) is 5.73 Å². The third-order valence-electron chi connectivity index (χ3n) is 6.91. The van der Waals surface area contributed by atoms with E-state index in [9.17, 15) is 0 Å². The molecule has 1 saturated heterocycles. The zero-order chi connectivity index (χ0) is 24.2. The lowest BCUT2D eigenvalue weighted by Crippen LogP contribution is -2.47. The molecule has 1 aromatic heterocycles. The second kappa shape index (κ2) is 10.1. The van der Waals surface area contributed by atoms with Crippen LogP contribution in [0.15, 0.2) is 85.2 Å². The maximum absolute atomic E-state index is 6.67. The van der Waals surface area contributed by atoms with Crippen LogP contribution in [0.1, 0.15) is 28.3 Å². The van der Waals surface area contributed by atoms with Crippen molar-refractivity contribution in [2.24, 2.45) is 0 Å². The van der Waals surface area contributed by atoms with Gasteiger partial charge in [-0.05, 0) is 42.2 Å². The number of rotatable bonds is 6. The van der Waals surface area contributed by atoms with Gasteiger partial charge >= 0.3 is 0 Å². The maximum atomic E-state index is 6.67. The van der Waals surface area contributed by atoms with Crippen molar-refractivity contribution in [1.82, 2.24) is 9.97 Å². The third-order valence-corrected chi connectivity index (χ3v) is 6.91. The third kappa shape index (κ3) is 4.78. The highest BCUT2D eigenvalue weighted by Crippen LogP contribution is 2.33. The van der Waals surface area contributed by atoms with Gasteiger partial charge in [0.1, 0.15) is 12.0 Å². The summed E-state index contributed by atoms with van der Waals surface area (Å²) in [6.45, 7) is 7.93. The molecule has 178 valence electrons. The second-order valence-electron chi connectivity index (χ2n) is 9.05. The molecule has 2 heterocycles. The van der Waals surface area contributed by atoms with Crippen molar-refractivity contribution < 1.29 is 0 Å². The molecule has 0 saturated carbocycles. The van der Waals surface area contributed by atoms with Crippen molar-refractivity contribution in [2.45, 2.75) is 19.9 Å². The number of nitrogens with zero attached hydrogens (tertiary/aromatic N) is 4. The first-order valence-electron chi connectivity index (χ1n) is 12.1. The Kier molecular flexibility index (Phi) is 6.53. The summed E-state index contributed by atoms with van der Waals surface area (Å²) < 4.78 is 0. The summed E-state index contributed by atoms with van der Waals surface area (Å²) in [7, 11) is 0. The Morgan fingerprint density at radius 2 is 1.34 bits per heavy atom. The number of hydrogen-bond acceptors (Lipinski definition) is 6. The van der Waals surface area contributed by atoms with Crippen molar-refractivity contribution in [2.75, 3.05) is 47.0 Å². The molecule has 3 aromatic carbocycles. The highest BCUT2D eigenvalue weighted by molar-refractivity contribution is 5.76. The molecule has 1 aliphatic rings. The van der Waals surface area contributed by atoms with Gasteiger partial charge < -0.3 is 20.9 Å². The van der Waals surface area contributed by atoms with Gasteiger partial charge in [0.15, 0.2) is 11.6 Å². The molecule has 6 nitrogen and oxygen atoms in total. The zero-order valence-corrected chi connectivity index (χ0v) is 20.4. The Bertz CT molecular complexity index is 1230. The van der Waals surface area contributed by atoms with Crippen LogP contribution in [0.3, 0.4) is 0 Å². The van der Waals surface area contributed by atoms with E-state index in [1.165, 1.54) is 16.8 Å². The fourth-order valence-electron chi connectivity index (χ4n) is 4.78. The fourth-order valence-corrected chi connectivity index (χ4v) is 4.78. The number of nitrogens with two attached hydrogens (primary N) is 1. The van der Waals surface area contributed by atoms with E-state index in [1.54, 1.807) is 6.33 Å². The fraction of sp³-hybridized carbons (Fsp3) is 0.241. The van der Waals surface area contributed by atoms with Gasteiger partial charge in [-0.3, -0.25) is 0 Å². The van der Waals surface area contributed by atoms with Crippen molar-refractivity contribution in [3.05, 3.63) is 107 Å². The Morgan fingerprint density at radius 3 is 1.97 bits per heavy atom. The van der Waals surface area contributed by atoms with E-state index in [0.29, 0.717) is 11.5 Å². The molecule has 4 aromatic rings. The molecule has 1 aliphatic heterocycles. The van der Waals surface area contributed by atoms with Crippen LogP contribution in [0.25, 0.3) is 0 Å². The van der Waals surface area contributed by atoms with E-state index in [-0.39, 0.29) is 6.04 Å². The second-order valence-corrected chi connectivity index (χ2v) is 9.05. The number of nitrogen functional groups attached to an aromatic ring is 1. The Labute approximate surface area is 207 Å². The number of aryl methyl sites for hydroxylation is 1.